The van der Waals surface area contributed by atoms with Gasteiger partial charge in [-0.15, -0.1) is 0 Å². The minimum atomic E-state index is -0.151. The van der Waals surface area contributed by atoms with Crippen molar-refractivity contribution in [3.05, 3.63) is 41.2 Å². The molecule has 5 nitrogen and oxygen atoms in total. The molecule has 0 fully saturated rings. The standard InChI is InChI=1S/C13H16N4O/c1-8-6-9(2)17(16-8)12-5-4-10(7-11(12)14)13(18)15-3/h4-7H,14H2,1-3H3,(H,15,18). The van der Waals surface area contributed by atoms with Crippen molar-refractivity contribution in [3.8, 4) is 5.69 Å². The Labute approximate surface area is 106 Å². The molecule has 0 atom stereocenters. The first-order valence-corrected chi connectivity index (χ1v) is 5.68. The van der Waals surface area contributed by atoms with E-state index >= 15 is 0 Å². The van der Waals surface area contributed by atoms with Gasteiger partial charge in [-0.1, -0.05) is 0 Å². The molecule has 2 aromatic rings. The first-order chi connectivity index (χ1) is 8.52. The van der Waals surface area contributed by atoms with Crippen LogP contribution in [0.1, 0.15) is 21.7 Å². The Morgan fingerprint density at radius 1 is 1.33 bits per heavy atom. The number of hydrogen-bond acceptors (Lipinski definition) is 3. The van der Waals surface area contributed by atoms with E-state index in [1.165, 1.54) is 0 Å². The summed E-state index contributed by atoms with van der Waals surface area (Å²) in [6, 6.07) is 7.18. The molecule has 18 heavy (non-hydrogen) atoms. The zero-order valence-corrected chi connectivity index (χ0v) is 10.7. The molecule has 94 valence electrons. The SMILES string of the molecule is CNC(=O)c1ccc(-n2nc(C)cc2C)c(N)c1. The lowest BCUT2D eigenvalue weighted by molar-refractivity contribution is 0.0963. The fourth-order valence-corrected chi connectivity index (χ4v) is 1.91. The summed E-state index contributed by atoms with van der Waals surface area (Å²) >= 11 is 0. The summed E-state index contributed by atoms with van der Waals surface area (Å²) in [5, 5.41) is 6.94. The third kappa shape index (κ3) is 2.07. The van der Waals surface area contributed by atoms with E-state index in [1.54, 1.807) is 29.9 Å². The highest BCUT2D eigenvalue weighted by molar-refractivity contribution is 5.95. The van der Waals surface area contributed by atoms with Crippen molar-refractivity contribution in [2.45, 2.75) is 13.8 Å². The molecule has 0 saturated carbocycles. The molecule has 0 aliphatic heterocycles. The monoisotopic (exact) mass is 244 g/mol. The second kappa shape index (κ2) is 4.52. The fourth-order valence-electron chi connectivity index (χ4n) is 1.91. The van der Waals surface area contributed by atoms with Crippen LogP contribution in [0.5, 0.6) is 0 Å². The number of carbonyl (C=O) groups is 1. The molecule has 0 spiro atoms. The van der Waals surface area contributed by atoms with E-state index in [9.17, 15) is 4.79 Å². The fraction of sp³-hybridized carbons (Fsp3) is 0.231. The van der Waals surface area contributed by atoms with Crippen LogP contribution in [0.2, 0.25) is 0 Å². The minimum absolute atomic E-state index is 0.151. The highest BCUT2D eigenvalue weighted by Gasteiger charge is 2.10. The van der Waals surface area contributed by atoms with Crippen LogP contribution in [0.4, 0.5) is 5.69 Å². The molecule has 0 aliphatic rings. The van der Waals surface area contributed by atoms with Crippen molar-refractivity contribution in [1.82, 2.24) is 15.1 Å². The molecule has 1 heterocycles. The Bertz CT molecular complexity index is 601. The molecular weight excluding hydrogens is 228 g/mol. The number of aryl methyl sites for hydroxylation is 2. The van der Waals surface area contributed by atoms with Gasteiger partial charge in [-0.3, -0.25) is 4.79 Å². The lowest BCUT2D eigenvalue weighted by Gasteiger charge is -2.09. The van der Waals surface area contributed by atoms with Crippen molar-refractivity contribution in [2.24, 2.45) is 0 Å². The summed E-state index contributed by atoms with van der Waals surface area (Å²) in [4.78, 5) is 11.5. The highest BCUT2D eigenvalue weighted by Crippen LogP contribution is 2.20. The summed E-state index contributed by atoms with van der Waals surface area (Å²) < 4.78 is 1.78. The third-order valence-corrected chi connectivity index (χ3v) is 2.75. The van der Waals surface area contributed by atoms with Gasteiger partial charge in [-0.05, 0) is 38.1 Å². The van der Waals surface area contributed by atoms with Gasteiger partial charge in [0.25, 0.3) is 5.91 Å². The lowest BCUT2D eigenvalue weighted by atomic mass is 10.1. The normalized spacial score (nSPS) is 10.4. The van der Waals surface area contributed by atoms with E-state index in [-0.39, 0.29) is 5.91 Å². The maximum atomic E-state index is 11.5. The number of nitrogens with zero attached hydrogens (tertiary/aromatic N) is 2. The molecule has 5 heteroatoms. The van der Waals surface area contributed by atoms with Crippen molar-refractivity contribution in [3.63, 3.8) is 0 Å². The van der Waals surface area contributed by atoms with Gasteiger partial charge in [-0.25, -0.2) is 4.68 Å². The first kappa shape index (κ1) is 12.2. The summed E-state index contributed by atoms with van der Waals surface area (Å²) in [5.41, 5.74) is 9.78. The number of nitrogen functional groups attached to an aromatic ring is 1. The van der Waals surface area contributed by atoms with Crippen LogP contribution in [-0.4, -0.2) is 22.7 Å². The first-order valence-electron chi connectivity index (χ1n) is 5.68. The van der Waals surface area contributed by atoms with Crippen molar-refractivity contribution < 1.29 is 4.79 Å². The highest BCUT2D eigenvalue weighted by atomic mass is 16.1. The quantitative estimate of drug-likeness (QED) is 0.785. The Hall–Kier alpha value is -2.30. The number of anilines is 1. The van der Waals surface area contributed by atoms with Gasteiger partial charge in [0, 0.05) is 18.3 Å². The van der Waals surface area contributed by atoms with Crippen LogP contribution in [0.3, 0.4) is 0 Å². The predicted octanol–water partition coefficient (Wildman–Crippen LogP) is 1.43. The van der Waals surface area contributed by atoms with Crippen molar-refractivity contribution >= 4 is 11.6 Å². The van der Waals surface area contributed by atoms with Crippen LogP contribution in [0.25, 0.3) is 5.69 Å². The number of hydrogen-bond donors (Lipinski definition) is 2. The van der Waals surface area contributed by atoms with Crippen molar-refractivity contribution in [2.75, 3.05) is 12.8 Å². The smallest absolute Gasteiger partial charge is 0.251 e. The molecule has 0 saturated heterocycles. The Kier molecular flexibility index (Phi) is 3.06. The minimum Gasteiger partial charge on any atom is -0.397 e. The number of nitrogens with two attached hydrogens (primary N) is 1. The van der Waals surface area contributed by atoms with Crippen LogP contribution in [0.15, 0.2) is 24.3 Å². The van der Waals surface area contributed by atoms with E-state index < -0.39 is 0 Å². The van der Waals surface area contributed by atoms with E-state index in [0.717, 1.165) is 17.1 Å². The average molecular weight is 244 g/mol. The number of rotatable bonds is 2. The maximum Gasteiger partial charge on any atom is 0.251 e. The van der Waals surface area contributed by atoms with Gasteiger partial charge in [0.15, 0.2) is 0 Å². The van der Waals surface area contributed by atoms with Gasteiger partial charge in [0.2, 0.25) is 0 Å². The molecule has 0 bridgehead atoms. The summed E-state index contributed by atoms with van der Waals surface area (Å²) in [6.45, 7) is 3.89. The second-order valence-electron chi connectivity index (χ2n) is 4.19. The number of aromatic nitrogens is 2. The third-order valence-electron chi connectivity index (χ3n) is 2.75. The largest absolute Gasteiger partial charge is 0.397 e. The molecule has 0 aliphatic carbocycles. The van der Waals surface area contributed by atoms with E-state index in [4.69, 9.17) is 5.73 Å². The Balaban J connectivity index is 2.48. The zero-order chi connectivity index (χ0) is 13.3. The average Bonchev–Trinajstić information content (AvgIpc) is 2.67. The molecule has 1 amide bonds. The van der Waals surface area contributed by atoms with Crippen molar-refractivity contribution in [1.29, 1.82) is 0 Å². The Morgan fingerprint density at radius 3 is 2.56 bits per heavy atom. The van der Waals surface area contributed by atoms with E-state index in [2.05, 4.69) is 10.4 Å². The maximum absolute atomic E-state index is 11.5. The molecule has 3 N–H and O–H groups in total. The number of benzene rings is 1. The molecule has 0 radical (unpaired) electrons. The number of nitrogens with one attached hydrogen (secondary N) is 1. The molecular formula is C13H16N4O. The summed E-state index contributed by atoms with van der Waals surface area (Å²) in [6.07, 6.45) is 0. The molecule has 2 rings (SSSR count). The molecule has 1 aromatic heterocycles. The van der Waals surface area contributed by atoms with Crippen LogP contribution in [-0.2, 0) is 0 Å². The molecule has 0 unspecified atom stereocenters. The van der Waals surface area contributed by atoms with E-state index in [1.807, 2.05) is 19.9 Å². The molecule has 1 aromatic carbocycles. The van der Waals surface area contributed by atoms with Gasteiger partial charge in [-0.2, -0.15) is 5.10 Å². The van der Waals surface area contributed by atoms with Gasteiger partial charge in [0.05, 0.1) is 17.1 Å². The zero-order valence-electron chi connectivity index (χ0n) is 10.7. The number of carbonyl (C=O) groups excluding carboxylic acids is 1. The summed E-state index contributed by atoms with van der Waals surface area (Å²) in [5.74, 6) is -0.151. The van der Waals surface area contributed by atoms with Gasteiger partial charge >= 0.3 is 0 Å². The van der Waals surface area contributed by atoms with E-state index in [0.29, 0.717) is 11.3 Å². The van der Waals surface area contributed by atoms with Gasteiger partial charge < -0.3 is 11.1 Å². The van der Waals surface area contributed by atoms with Crippen LogP contribution in [0, 0.1) is 13.8 Å². The van der Waals surface area contributed by atoms with Crippen LogP contribution >= 0.6 is 0 Å². The number of amides is 1. The van der Waals surface area contributed by atoms with Crippen LogP contribution < -0.4 is 11.1 Å². The second-order valence-corrected chi connectivity index (χ2v) is 4.19. The Morgan fingerprint density at radius 2 is 2.06 bits per heavy atom. The predicted molar refractivity (Wildman–Crippen MR) is 70.8 cm³/mol. The summed E-state index contributed by atoms with van der Waals surface area (Å²) in [7, 11) is 1.59. The van der Waals surface area contributed by atoms with Gasteiger partial charge in [0.1, 0.15) is 0 Å². The lowest BCUT2D eigenvalue weighted by Crippen LogP contribution is -2.18. The topological polar surface area (TPSA) is 72.9 Å².